The Labute approximate surface area is 185 Å². The van der Waals surface area contributed by atoms with E-state index in [9.17, 15) is 0 Å². The largest absolute Gasteiger partial charge is 0.379 e. The molecular weight excluding hydrogens is 465 g/mol. The summed E-state index contributed by atoms with van der Waals surface area (Å²) in [6, 6.07) is 18.4. The third kappa shape index (κ3) is 10.1. The van der Waals surface area contributed by atoms with E-state index in [1.807, 2.05) is 30.3 Å². The van der Waals surface area contributed by atoms with Gasteiger partial charge in [-0.05, 0) is 35.6 Å². The number of benzene rings is 2. The summed E-state index contributed by atoms with van der Waals surface area (Å²) in [5.41, 5.74) is 9.36. The van der Waals surface area contributed by atoms with Crippen LogP contribution in [0.5, 0.6) is 0 Å². The van der Waals surface area contributed by atoms with Crippen molar-refractivity contribution in [2.24, 2.45) is 10.7 Å². The Morgan fingerprint density at radius 3 is 2.50 bits per heavy atom. The number of hydrogen-bond acceptors (Lipinski definition) is 3. The molecule has 28 heavy (non-hydrogen) atoms. The summed E-state index contributed by atoms with van der Waals surface area (Å²) in [5, 5.41) is 3.14. The second kappa shape index (κ2) is 14.4. The van der Waals surface area contributed by atoms with Crippen LogP contribution in [0.4, 0.5) is 5.69 Å². The molecular formula is C22H32IN3O2. The van der Waals surface area contributed by atoms with E-state index in [1.54, 1.807) is 0 Å². The Kier molecular flexibility index (Phi) is 12.5. The van der Waals surface area contributed by atoms with Crippen molar-refractivity contribution < 1.29 is 9.47 Å². The molecule has 2 aromatic rings. The molecule has 0 atom stereocenters. The minimum atomic E-state index is 0. The van der Waals surface area contributed by atoms with E-state index in [1.165, 1.54) is 11.1 Å². The first-order valence-corrected chi connectivity index (χ1v) is 9.51. The fraction of sp³-hybridized carbons (Fsp3) is 0.409. The first kappa shape index (κ1) is 24.4. The zero-order chi connectivity index (χ0) is 19.3. The molecule has 0 aromatic heterocycles. The third-order valence-corrected chi connectivity index (χ3v) is 4.04. The van der Waals surface area contributed by atoms with Crippen LogP contribution in [0.25, 0.3) is 0 Å². The van der Waals surface area contributed by atoms with Gasteiger partial charge in [0.1, 0.15) is 0 Å². The summed E-state index contributed by atoms with van der Waals surface area (Å²) in [7, 11) is 0. The lowest BCUT2D eigenvalue weighted by atomic mass is 10.0. The molecule has 0 fully saturated rings. The topological polar surface area (TPSA) is 68.9 Å². The Morgan fingerprint density at radius 1 is 1.00 bits per heavy atom. The molecule has 0 spiro atoms. The predicted octanol–water partition coefficient (Wildman–Crippen LogP) is 4.78. The summed E-state index contributed by atoms with van der Waals surface area (Å²) in [6.07, 6.45) is 0.826. The fourth-order valence-corrected chi connectivity index (χ4v) is 2.51. The van der Waals surface area contributed by atoms with Gasteiger partial charge in [-0.15, -0.1) is 24.0 Å². The van der Waals surface area contributed by atoms with Gasteiger partial charge in [0.15, 0.2) is 5.96 Å². The Bertz CT molecular complexity index is 693. The predicted molar refractivity (Wildman–Crippen MR) is 128 cm³/mol. The highest BCUT2D eigenvalue weighted by atomic mass is 127. The maximum Gasteiger partial charge on any atom is 0.193 e. The lowest BCUT2D eigenvalue weighted by Crippen LogP contribution is -2.23. The van der Waals surface area contributed by atoms with Crippen molar-refractivity contribution in [1.29, 1.82) is 0 Å². The monoisotopic (exact) mass is 497 g/mol. The zero-order valence-electron chi connectivity index (χ0n) is 16.8. The van der Waals surface area contributed by atoms with Crippen LogP contribution in [0.2, 0.25) is 0 Å². The van der Waals surface area contributed by atoms with Crippen LogP contribution in [0.1, 0.15) is 37.3 Å². The summed E-state index contributed by atoms with van der Waals surface area (Å²) in [5.74, 6) is 0.917. The molecule has 0 unspecified atom stereocenters. The standard InChI is InChI=1S/C22H31N3O2.HI/c1-18(2)20-10-6-11-21(16-20)25-22(23)24-12-7-13-26-14-15-27-17-19-8-4-3-5-9-19;/h3-6,8-11,16,18H,7,12-15,17H2,1-2H3,(H3,23,24,25);1H. The van der Waals surface area contributed by atoms with Crippen LogP contribution >= 0.6 is 24.0 Å². The summed E-state index contributed by atoms with van der Waals surface area (Å²) in [6.45, 7) is 7.42. The normalized spacial score (nSPS) is 11.3. The maximum absolute atomic E-state index is 5.95. The van der Waals surface area contributed by atoms with Crippen molar-refractivity contribution in [3.63, 3.8) is 0 Å². The number of hydrogen-bond donors (Lipinski definition) is 2. The van der Waals surface area contributed by atoms with Crippen molar-refractivity contribution in [2.45, 2.75) is 32.8 Å². The van der Waals surface area contributed by atoms with Gasteiger partial charge in [-0.25, -0.2) is 0 Å². The average Bonchev–Trinajstić information content (AvgIpc) is 2.67. The first-order valence-electron chi connectivity index (χ1n) is 9.51. The minimum Gasteiger partial charge on any atom is -0.379 e. The number of rotatable bonds is 11. The maximum atomic E-state index is 5.95. The Hall–Kier alpha value is -1.64. The van der Waals surface area contributed by atoms with Crippen molar-refractivity contribution >= 4 is 35.6 Å². The zero-order valence-corrected chi connectivity index (χ0v) is 19.1. The molecule has 0 aliphatic rings. The average molecular weight is 497 g/mol. The second-order valence-corrected chi connectivity index (χ2v) is 6.68. The molecule has 0 saturated heterocycles. The highest BCUT2D eigenvalue weighted by Gasteiger charge is 2.01. The smallest absolute Gasteiger partial charge is 0.193 e. The number of anilines is 1. The Morgan fingerprint density at radius 2 is 1.75 bits per heavy atom. The molecule has 0 amide bonds. The summed E-state index contributed by atoms with van der Waals surface area (Å²) < 4.78 is 11.1. The van der Waals surface area contributed by atoms with Crippen molar-refractivity contribution in [3.8, 4) is 0 Å². The van der Waals surface area contributed by atoms with Crippen molar-refractivity contribution in [3.05, 3.63) is 65.7 Å². The number of ether oxygens (including phenoxy) is 2. The van der Waals surface area contributed by atoms with Crippen molar-refractivity contribution in [1.82, 2.24) is 0 Å². The Balaban J connectivity index is 0.00000392. The van der Waals surface area contributed by atoms with E-state index in [2.05, 4.69) is 48.4 Å². The third-order valence-electron chi connectivity index (χ3n) is 4.04. The van der Waals surface area contributed by atoms with Gasteiger partial charge in [-0.1, -0.05) is 56.3 Å². The van der Waals surface area contributed by atoms with Crippen LogP contribution in [0, 0.1) is 0 Å². The SMILES string of the molecule is CC(C)c1cccc(NC(N)=NCCCOCCOCc2ccccc2)c1.I. The summed E-state index contributed by atoms with van der Waals surface area (Å²) >= 11 is 0. The van der Waals surface area contributed by atoms with Gasteiger partial charge >= 0.3 is 0 Å². The van der Waals surface area contributed by atoms with Crippen LogP contribution in [-0.2, 0) is 16.1 Å². The molecule has 2 rings (SSSR count). The molecule has 0 saturated carbocycles. The number of halogens is 1. The van der Waals surface area contributed by atoms with Gasteiger partial charge in [-0.2, -0.15) is 0 Å². The van der Waals surface area contributed by atoms with E-state index in [0.717, 1.165) is 12.1 Å². The lowest BCUT2D eigenvalue weighted by molar-refractivity contribution is 0.0403. The molecule has 0 bridgehead atoms. The molecule has 3 N–H and O–H groups in total. The van der Waals surface area contributed by atoms with E-state index >= 15 is 0 Å². The molecule has 0 heterocycles. The molecule has 0 aliphatic carbocycles. The van der Waals surface area contributed by atoms with E-state index in [-0.39, 0.29) is 24.0 Å². The molecule has 0 aliphatic heterocycles. The molecule has 6 heteroatoms. The van der Waals surface area contributed by atoms with Gasteiger partial charge in [0.25, 0.3) is 0 Å². The lowest BCUT2D eigenvalue weighted by Gasteiger charge is -2.10. The van der Waals surface area contributed by atoms with Gasteiger partial charge in [0.05, 0.1) is 19.8 Å². The van der Waals surface area contributed by atoms with E-state index in [0.29, 0.717) is 44.8 Å². The highest BCUT2D eigenvalue weighted by Crippen LogP contribution is 2.18. The van der Waals surface area contributed by atoms with Gasteiger partial charge in [-0.3, -0.25) is 4.99 Å². The quantitative estimate of drug-likeness (QED) is 0.203. The van der Waals surface area contributed by atoms with Gasteiger partial charge < -0.3 is 20.5 Å². The molecule has 2 aromatic carbocycles. The van der Waals surface area contributed by atoms with Crippen LogP contribution in [0.15, 0.2) is 59.6 Å². The van der Waals surface area contributed by atoms with Crippen LogP contribution in [0.3, 0.4) is 0 Å². The van der Waals surface area contributed by atoms with Crippen LogP contribution < -0.4 is 11.1 Å². The number of aliphatic imine (C=N–C) groups is 1. The summed E-state index contributed by atoms with van der Waals surface area (Å²) in [4.78, 5) is 4.34. The number of nitrogens with one attached hydrogen (secondary N) is 1. The fourth-order valence-electron chi connectivity index (χ4n) is 2.51. The minimum absolute atomic E-state index is 0. The molecule has 0 radical (unpaired) electrons. The molecule has 5 nitrogen and oxygen atoms in total. The van der Waals surface area contributed by atoms with Gasteiger partial charge in [0.2, 0.25) is 0 Å². The number of guanidine groups is 1. The molecule has 154 valence electrons. The number of nitrogens with two attached hydrogens (primary N) is 1. The van der Waals surface area contributed by atoms with Gasteiger partial charge in [0, 0.05) is 18.8 Å². The second-order valence-electron chi connectivity index (χ2n) is 6.68. The number of nitrogens with zero attached hydrogens (tertiary/aromatic N) is 1. The highest BCUT2D eigenvalue weighted by molar-refractivity contribution is 14.0. The van der Waals surface area contributed by atoms with E-state index in [4.69, 9.17) is 15.2 Å². The van der Waals surface area contributed by atoms with E-state index < -0.39 is 0 Å². The van der Waals surface area contributed by atoms with Crippen molar-refractivity contribution in [2.75, 3.05) is 31.7 Å². The van der Waals surface area contributed by atoms with Crippen LogP contribution in [-0.4, -0.2) is 32.3 Å². The first-order chi connectivity index (χ1) is 13.1.